The van der Waals surface area contributed by atoms with Crippen LogP contribution in [0.4, 0.5) is 0 Å². The van der Waals surface area contributed by atoms with E-state index in [1.807, 2.05) is 17.5 Å². The summed E-state index contributed by atoms with van der Waals surface area (Å²) in [5.74, 6) is -0.826. The molecule has 0 saturated carbocycles. The van der Waals surface area contributed by atoms with Crippen molar-refractivity contribution in [1.82, 2.24) is 10.0 Å². The van der Waals surface area contributed by atoms with Gasteiger partial charge in [0.2, 0.25) is 15.9 Å². The van der Waals surface area contributed by atoms with E-state index in [1.165, 1.54) is 42.7 Å². The summed E-state index contributed by atoms with van der Waals surface area (Å²) in [6, 6.07) is 8.82. The van der Waals surface area contributed by atoms with Crippen molar-refractivity contribution in [2.45, 2.75) is 23.8 Å². The molecule has 1 amide bonds. The van der Waals surface area contributed by atoms with Gasteiger partial charge in [0.15, 0.2) is 0 Å². The van der Waals surface area contributed by atoms with E-state index in [-0.39, 0.29) is 30.2 Å². The number of carbonyl (C=O) groups is 2. The lowest BCUT2D eigenvalue weighted by atomic mass is 10.1. The highest BCUT2D eigenvalue weighted by Gasteiger charge is 2.20. The molecule has 27 heavy (non-hydrogen) atoms. The molecule has 0 radical (unpaired) electrons. The Labute approximate surface area is 166 Å². The summed E-state index contributed by atoms with van der Waals surface area (Å²) >= 11 is 7.15. The number of hydrogen-bond acceptors (Lipinski definition) is 6. The third kappa shape index (κ3) is 6.62. The first kappa shape index (κ1) is 21.4. The van der Waals surface area contributed by atoms with Crippen LogP contribution in [0, 0.1) is 0 Å². The lowest BCUT2D eigenvalue weighted by Crippen LogP contribution is -2.33. The van der Waals surface area contributed by atoms with Gasteiger partial charge in [0.05, 0.1) is 24.5 Å². The van der Waals surface area contributed by atoms with Gasteiger partial charge in [-0.1, -0.05) is 17.7 Å². The van der Waals surface area contributed by atoms with Crippen LogP contribution in [0.25, 0.3) is 0 Å². The molecule has 0 saturated heterocycles. The minimum absolute atomic E-state index is 0.000739. The van der Waals surface area contributed by atoms with Gasteiger partial charge in [0, 0.05) is 22.9 Å². The van der Waals surface area contributed by atoms with Crippen molar-refractivity contribution in [2.75, 3.05) is 13.7 Å². The number of nitrogens with one attached hydrogen (secondary N) is 2. The average molecular weight is 431 g/mol. The largest absolute Gasteiger partial charge is 0.469 e. The number of methoxy groups -OCH3 is 1. The Morgan fingerprint density at radius 1 is 1.22 bits per heavy atom. The summed E-state index contributed by atoms with van der Waals surface area (Å²) in [6.07, 6.45) is -0.0743. The maximum Gasteiger partial charge on any atom is 0.307 e. The molecule has 2 N–H and O–H groups in total. The van der Waals surface area contributed by atoms with Gasteiger partial charge in [-0.2, -0.15) is 0 Å². The predicted molar refractivity (Wildman–Crippen MR) is 103 cm³/mol. The summed E-state index contributed by atoms with van der Waals surface area (Å²) < 4.78 is 31.4. The van der Waals surface area contributed by atoms with Gasteiger partial charge in [-0.15, -0.1) is 11.3 Å². The first-order chi connectivity index (χ1) is 12.8. The molecule has 1 unspecified atom stereocenters. The van der Waals surface area contributed by atoms with E-state index in [0.29, 0.717) is 5.02 Å². The quantitative estimate of drug-likeness (QED) is 0.595. The molecular weight excluding hydrogens is 412 g/mol. The fourth-order valence-corrected chi connectivity index (χ4v) is 4.16. The predicted octanol–water partition coefficient (Wildman–Crippen LogP) is 2.49. The second-order valence-electron chi connectivity index (χ2n) is 5.52. The highest BCUT2D eigenvalue weighted by Crippen LogP contribution is 2.22. The van der Waals surface area contributed by atoms with Crippen LogP contribution in [0.5, 0.6) is 0 Å². The van der Waals surface area contributed by atoms with Crippen LogP contribution in [0.3, 0.4) is 0 Å². The molecule has 0 fully saturated rings. The van der Waals surface area contributed by atoms with E-state index in [0.717, 1.165) is 4.88 Å². The Morgan fingerprint density at radius 2 is 1.93 bits per heavy atom. The maximum absolute atomic E-state index is 12.2. The Hall–Kier alpha value is -1.94. The minimum Gasteiger partial charge on any atom is -0.469 e. The third-order valence-electron chi connectivity index (χ3n) is 3.59. The average Bonchev–Trinajstić information content (AvgIpc) is 3.16. The van der Waals surface area contributed by atoms with E-state index in [1.54, 1.807) is 0 Å². The normalized spacial score (nSPS) is 12.4. The highest BCUT2D eigenvalue weighted by molar-refractivity contribution is 7.89. The lowest BCUT2D eigenvalue weighted by Gasteiger charge is -2.16. The molecule has 1 atom stereocenters. The van der Waals surface area contributed by atoms with Crippen LogP contribution in [0.2, 0.25) is 5.02 Å². The fourth-order valence-electron chi connectivity index (χ4n) is 2.22. The van der Waals surface area contributed by atoms with E-state index >= 15 is 0 Å². The Morgan fingerprint density at radius 3 is 2.52 bits per heavy atom. The van der Waals surface area contributed by atoms with Crippen molar-refractivity contribution < 1.29 is 22.7 Å². The second kappa shape index (κ2) is 9.84. The molecule has 10 heteroatoms. The number of halogens is 1. The van der Waals surface area contributed by atoms with Crippen LogP contribution in [-0.2, 0) is 24.3 Å². The Bertz CT molecular complexity index is 867. The highest BCUT2D eigenvalue weighted by atomic mass is 35.5. The molecule has 0 aliphatic rings. The number of rotatable bonds is 9. The monoisotopic (exact) mass is 430 g/mol. The van der Waals surface area contributed by atoms with Crippen LogP contribution in [-0.4, -0.2) is 33.9 Å². The first-order valence-electron chi connectivity index (χ1n) is 7.96. The number of carbonyl (C=O) groups excluding carboxylic acids is 2. The summed E-state index contributed by atoms with van der Waals surface area (Å²) in [7, 11) is -2.45. The summed E-state index contributed by atoms with van der Waals surface area (Å²) in [5.41, 5.74) is 0. The van der Waals surface area contributed by atoms with E-state index < -0.39 is 22.0 Å². The van der Waals surface area contributed by atoms with Crippen molar-refractivity contribution in [3.05, 3.63) is 51.7 Å². The second-order valence-corrected chi connectivity index (χ2v) is 8.70. The minimum atomic E-state index is -3.73. The Kier molecular flexibility index (Phi) is 7.78. The molecule has 1 aromatic carbocycles. The summed E-state index contributed by atoms with van der Waals surface area (Å²) in [5, 5.41) is 5.01. The molecule has 0 spiro atoms. The van der Waals surface area contributed by atoms with E-state index in [4.69, 9.17) is 11.6 Å². The molecule has 146 valence electrons. The standard InChI is InChI=1S/C17H19ClN2O5S2/c1-25-17(22)11-14(15-3-2-10-26-15)20-16(21)8-9-19-27(23,24)13-6-4-12(18)5-7-13/h2-7,10,14,19H,8-9,11H2,1H3,(H,20,21). The summed E-state index contributed by atoms with van der Waals surface area (Å²) in [4.78, 5) is 24.6. The van der Waals surface area contributed by atoms with Crippen LogP contribution >= 0.6 is 22.9 Å². The molecule has 1 aromatic heterocycles. The number of esters is 1. The molecule has 1 heterocycles. The number of hydrogen-bond donors (Lipinski definition) is 2. The molecule has 0 aliphatic heterocycles. The van der Waals surface area contributed by atoms with Gasteiger partial charge < -0.3 is 10.1 Å². The van der Waals surface area contributed by atoms with Crippen molar-refractivity contribution in [3.63, 3.8) is 0 Å². The Balaban J connectivity index is 1.90. The number of ether oxygens (including phenoxy) is 1. The van der Waals surface area contributed by atoms with Crippen molar-refractivity contribution in [2.24, 2.45) is 0 Å². The van der Waals surface area contributed by atoms with Gasteiger partial charge in [0.25, 0.3) is 0 Å². The first-order valence-corrected chi connectivity index (χ1v) is 10.7. The number of sulfonamides is 1. The van der Waals surface area contributed by atoms with Crippen LogP contribution in [0.15, 0.2) is 46.7 Å². The molecule has 0 bridgehead atoms. The van der Waals surface area contributed by atoms with E-state index in [9.17, 15) is 18.0 Å². The van der Waals surface area contributed by atoms with Crippen LogP contribution in [0.1, 0.15) is 23.8 Å². The van der Waals surface area contributed by atoms with E-state index in [2.05, 4.69) is 14.8 Å². The molecule has 2 rings (SSSR count). The summed E-state index contributed by atoms with van der Waals surface area (Å²) in [6.45, 7) is -0.0772. The van der Waals surface area contributed by atoms with Gasteiger partial charge in [0.1, 0.15) is 0 Å². The lowest BCUT2D eigenvalue weighted by molar-refractivity contribution is -0.141. The fraction of sp³-hybridized carbons (Fsp3) is 0.294. The number of benzene rings is 1. The zero-order valence-electron chi connectivity index (χ0n) is 14.5. The molecule has 7 nitrogen and oxygen atoms in total. The van der Waals surface area contributed by atoms with Gasteiger partial charge in [-0.05, 0) is 35.7 Å². The maximum atomic E-state index is 12.2. The van der Waals surface area contributed by atoms with Crippen molar-refractivity contribution in [3.8, 4) is 0 Å². The smallest absolute Gasteiger partial charge is 0.307 e. The van der Waals surface area contributed by atoms with Gasteiger partial charge >= 0.3 is 5.97 Å². The third-order valence-corrected chi connectivity index (χ3v) is 6.30. The zero-order chi connectivity index (χ0) is 19.9. The topological polar surface area (TPSA) is 102 Å². The van der Waals surface area contributed by atoms with Crippen LogP contribution < -0.4 is 10.0 Å². The molecule has 2 aromatic rings. The zero-order valence-corrected chi connectivity index (χ0v) is 16.9. The van der Waals surface area contributed by atoms with Gasteiger partial charge in [-0.3, -0.25) is 9.59 Å². The molecule has 0 aliphatic carbocycles. The number of amides is 1. The van der Waals surface area contributed by atoms with Gasteiger partial charge in [-0.25, -0.2) is 13.1 Å². The van der Waals surface area contributed by atoms with Crippen molar-refractivity contribution >= 4 is 44.8 Å². The van der Waals surface area contributed by atoms with Crippen molar-refractivity contribution in [1.29, 1.82) is 0 Å². The molecular formula is C17H19ClN2O5S2. The SMILES string of the molecule is COC(=O)CC(NC(=O)CCNS(=O)(=O)c1ccc(Cl)cc1)c1cccs1. The number of thiophene rings is 1.